The molecule has 3 nitrogen and oxygen atoms in total. The van der Waals surface area contributed by atoms with Gasteiger partial charge in [-0.1, -0.05) is 18.2 Å². The minimum Gasteiger partial charge on any atom is -0.349 e. The first-order valence-corrected chi connectivity index (χ1v) is 7.62. The molecule has 0 bridgehead atoms. The molecule has 1 aromatic carbocycles. The van der Waals surface area contributed by atoms with Gasteiger partial charge >= 0.3 is 0 Å². The maximum Gasteiger partial charge on any atom is 0.252 e. The fraction of sp³-hybridized carbons (Fsp3) is 0.400. The largest absolute Gasteiger partial charge is 0.349 e. The molecule has 2 atom stereocenters. The van der Waals surface area contributed by atoms with Crippen LogP contribution in [0.4, 0.5) is 0 Å². The average Bonchev–Trinajstić information content (AvgIpc) is 2.82. The van der Waals surface area contributed by atoms with Crippen LogP contribution in [0, 0.1) is 0 Å². The summed E-state index contributed by atoms with van der Waals surface area (Å²) in [6.07, 6.45) is 2.02. The molecule has 2 heterocycles. The third kappa shape index (κ3) is 2.65. The van der Waals surface area contributed by atoms with Gasteiger partial charge in [0.05, 0.1) is 5.56 Å². The van der Waals surface area contributed by atoms with Crippen molar-refractivity contribution in [3.8, 4) is 0 Å². The average molecular weight is 274 g/mol. The fourth-order valence-corrected chi connectivity index (χ4v) is 3.62. The van der Waals surface area contributed by atoms with Gasteiger partial charge in [0.25, 0.3) is 5.91 Å². The molecule has 0 aliphatic carbocycles. The van der Waals surface area contributed by atoms with E-state index in [0.717, 1.165) is 30.3 Å². The van der Waals surface area contributed by atoms with Gasteiger partial charge in [0.1, 0.15) is 0 Å². The highest BCUT2D eigenvalue weighted by molar-refractivity contribution is 7.17. The minimum absolute atomic E-state index is 0.0663. The Hall–Kier alpha value is -1.39. The number of nitrogens with one attached hydrogen (secondary N) is 2. The van der Waals surface area contributed by atoms with Gasteiger partial charge in [-0.15, -0.1) is 11.3 Å². The molecule has 2 N–H and O–H groups in total. The lowest BCUT2D eigenvalue weighted by Gasteiger charge is -2.28. The molecule has 4 heteroatoms. The Labute approximate surface area is 117 Å². The van der Waals surface area contributed by atoms with E-state index in [0.29, 0.717) is 12.1 Å². The summed E-state index contributed by atoms with van der Waals surface area (Å²) in [4.78, 5) is 12.4. The lowest BCUT2D eigenvalue weighted by molar-refractivity contribution is 0.0928. The number of thiophene rings is 1. The third-order valence-electron chi connectivity index (χ3n) is 3.68. The van der Waals surface area contributed by atoms with Gasteiger partial charge in [0, 0.05) is 27.5 Å². The predicted molar refractivity (Wildman–Crippen MR) is 79.8 cm³/mol. The lowest BCUT2D eigenvalue weighted by Crippen LogP contribution is -2.46. The molecule has 1 saturated heterocycles. The third-order valence-corrected chi connectivity index (χ3v) is 4.65. The second-order valence-electron chi connectivity index (χ2n) is 5.20. The van der Waals surface area contributed by atoms with Crippen LogP contribution < -0.4 is 10.6 Å². The Morgan fingerprint density at radius 2 is 2.26 bits per heavy atom. The second-order valence-corrected chi connectivity index (χ2v) is 6.11. The normalized spacial score (nSPS) is 23.4. The van der Waals surface area contributed by atoms with Crippen LogP contribution in [0.15, 0.2) is 29.6 Å². The van der Waals surface area contributed by atoms with Crippen molar-refractivity contribution < 1.29 is 4.79 Å². The number of piperidine rings is 1. The first-order valence-electron chi connectivity index (χ1n) is 6.74. The van der Waals surface area contributed by atoms with Crippen LogP contribution >= 0.6 is 11.3 Å². The lowest BCUT2D eigenvalue weighted by atomic mass is 10.0. The molecule has 1 amide bonds. The molecule has 100 valence electrons. The molecular weight excluding hydrogens is 256 g/mol. The standard InChI is InChI=1S/C15H18N2OS/c1-10-8-11(6-7-16-10)17-15(18)13-9-19-14-5-3-2-4-12(13)14/h2-5,9-11,16H,6-8H2,1H3,(H,17,18). The summed E-state index contributed by atoms with van der Waals surface area (Å²) < 4.78 is 1.17. The molecular formula is C15H18N2OS. The van der Waals surface area contributed by atoms with E-state index in [4.69, 9.17) is 0 Å². The van der Waals surface area contributed by atoms with E-state index in [1.54, 1.807) is 11.3 Å². The quantitative estimate of drug-likeness (QED) is 0.884. The number of fused-ring (bicyclic) bond motifs is 1. The van der Waals surface area contributed by atoms with Crippen LogP contribution in [0.3, 0.4) is 0 Å². The number of rotatable bonds is 2. The first-order chi connectivity index (χ1) is 9.24. The number of benzene rings is 1. The zero-order chi connectivity index (χ0) is 13.2. The van der Waals surface area contributed by atoms with E-state index in [1.807, 2.05) is 23.6 Å². The van der Waals surface area contributed by atoms with Crippen LogP contribution in [-0.2, 0) is 0 Å². The van der Waals surface area contributed by atoms with Crippen molar-refractivity contribution in [1.82, 2.24) is 10.6 Å². The zero-order valence-electron chi connectivity index (χ0n) is 11.0. The molecule has 2 aromatic rings. The van der Waals surface area contributed by atoms with Crippen molar-refractivity contribution in [1.29, 1.82) is 0 Å². The van der Waals surface area contributed by atoms with E-state index >= 15 is 0 Å². The summed E-state index contributed by atoms with van der Waals surface area (Å²) in [6, 6.07) is 8.85. The Kier molecular flexibility index (Phi) is 3.53. The minimum atomic E-state index is 0.0663. The van der Waals surface area contributed by atoms with Crippen molar-refractivity contribution >= 4 is 27.3 Å². The summed E-state index contributed by atoms with van der Waals surface area (Å²) >= 11 is 1.63. The van der Waals surface area contributed by atoms with Crippen LogP contribution in [0.2, 0.25) is 0 Å². The summed E-state index contributed by atoms with van der Waals surface area (Å²) in [5.41, 5.74) is 0.812. The highest BCUT2D eigenvalue weighted by Crippen LogP contribution is 2.25. The number of carbonyl (C=O) groups excluding carboxylic acids is 1. The van der Waals surface area contributed by atoms with Crippen LogP contribution in [0.1, 0.15) is 30.1 Å². The van der Waals surface area contributed by atoms with E-state index in [2.05, 4.69) is 23.6 Å². The number of carbonyl (C=O) groups is 1. The predicted octanol–water partition coefficient (Wildman–Crippen LogP) is 2.77. The summed E-state index contributed by atoms with van der Waals surface area (Å²) in [5, 5.41) is 9.60. The van der Waals surface area contributed by atoms with E-state index in [1.165, 1.54) is 4.70 Å². The molecule has 1 fully saturated rings. The highest BCUT2D eigenvalue weighted by Gasteiger charge is 2.21. The molecule has 1 aromatic heterocycles. The van der Waals surface area contributed by atoms with Crippen LogP contribution in [-0.4, -0.2) is 24.5 Å². The second kappa shape index (κ2) is 5.31. The highest BCUT2D eigenvalue weighted by atomic mass is 32.1. The van der Waals surface area contributed by atoms with Gasteiger partial charge in [-0.05, 0) is 32.4 Å². The Balaban J connectivity index is 1.76. The van der Waals surface area contributed by atoms with Crippen molar-refractivity contribution in [3.63, 3.8) is 0 Å². The molecule has 1 aliphatic rings. The zero-order valence-corrected chi connectivity index (χ0v) is 11.8. The number of amides is 1. The van der Waals surface area contributed by atoms with Gasteiger partial charge in [-0.25, -0.2) is 0 Å². The van der Waals surface area contributed by atoms with Crippen molar-refractivity contribution in [2.24, 2.45) is 0 Å². The van der Waals surface area contributed by atoms with E-state index in [-0.39, 0.29) is 5.91 Å². The van der Waals surface area contributed by atoms with Crippen molar-refractivity contribution in [3.05, 3.63) is 35.2 Å². The Morgan fingerprint density at radius 1 is 1.42 bits per heavy atom. The maximum atomic E-state index is 12.4. The smallest absolute Gasteiger partial charge is 0.252 e. The van der Waals surface area contributed by atoms with E-state index in [9.17, 15) is 4.79 Å². The molecule has 0 radical (unpaired) electrons. The van der Waals surface area contributed by atoms with Gasteiger partial charge in [0.15, 0.2) is 0 Å². The van der Waals surface area contributed by atoms with Crippen LogP contribution in [0.25, 0.3) is 10.1 Å². The van der Waals surface area contributed by atoms with E-state index < -0.39 is 0 Å². The Bertz CT molecular complexity index is 593. The molecule has 0 saturated carbocycles. The molecule has 19 heavy (non-hydrogen) atoms. The fourth-order valence-electron chi connectivity index (χ4n) is 2.68. The summed E-state index contributed by atoms with van der Waals surface area (Å²) in [5.74, 6) is 0.0663. The van der Waals surface area contributed by atoms with Gasteiger partial charge in [-0.3, -0.25) is 4.79 Å². The van der Waals surface area contributed by atoms with Crippen molar-refractivity contribution in [2.45, 2.75) is 31.8 Å². The topological polar surface area (TPSA) is 41.1 Å². The maximum absolute atomic E-state index is 12.4. The molecule has 3 rings (SSSR count). The summed E-state index contributed by atoms with van der Waals surface area (Å²) in [7, 11) is 0. The summed E-state index contributed by atoms with van der Waals surface area (Å²) in [6.45, 7) is 3.15. The SMILES string of the molecule is CC1CC(NC(=O)c2csc3ccccc23)CCN1. The Morgan fingerprint density at radius 3 is 3.11 bits per heavy atom. The number of hydrogen-bond donors (Lipinski definition) is 2. The van der Waals surface area contributed by atoms with Crippen molar-refractivity contribution in [2.75, 3.05) is 6.54 Å². The number of hydrogen-bond acceptors (Lipinski definition) is 3. The molecule has 1 aliphatic heterocycles. The first kappa shape index (κ1) is 12.6. The van der Waals surface area contributed by atoms with Gasteiger partial charge in [-0.2, -0.15) is 0 Å². The van der Waals surface area contributed by atoms with Gasteiger partial charge < -0.3 is 10.6 Å². The van der Waals surface area contributed by atoms with Gasteiger partial charge in [0.2, 0.25) is 0 Å². The molecule has 2 unspecified atom stereocenters. The monoisotopic (exact) mass is 274 g/mol. The molecule has 0 spiro atoms. The van der Waals surface area contributed by atoms with Crippen LogP contribution in [0.5, 0.6) is 0 Å².